The van der Waals surface area contributed by atoms with Gasteiger partial charge in [0.25, 0.3) is 10.0 Å². The highest BCUT2D eigenvalue weighted by Crippen LogP contribution is 2.27. The highest BCUT2D eigenvalue weighted by Gasteiger charge is 2.32. The topological polar surface area (TPSA) is 86.8 Å². The van der Waals surface area contributed by atoms with Crippen LogP contribution in [0.1, 0.15) is 19.4 Å². The smallest absolute Gasteiger partial charge is 0.264 e. The van der Waals surface area contributed by atoms with E-state index in [2.05, 4.69) is 5.32 Å². The molecule has 0 aromatic heterocycles. The van der Waals surface area contributed by atoms with E-state index < -0.39 is 40.2 Å². The number of halogens is 3. The molecule has 0 aliphatic rings. The zero-order valence-electron chi connectivity index (χ0n) is 20.2. The van der Waals surface area contributed by atoms with Crippen LogP contribution in [0, 0.1) is 5.82 Å². The molecule has 3 aromatic carbocycles. The van der Waals surface area contributed by atoms with E-state index in [0.717, 1.165) is 4.31 Å². The Balaban J connectivity index is 2.02. The molecule has 0 saturated carbocycles. The first-order chi connectivity index (χ1) is 17.5. The summed E-state index contributed by atoms with van der Waals surface area (Å²) in [7, 11) is -4.23. The average molecular weight is 566 g/mol. The molecule has 7 nitrogen and oxygen atoms in total. The minimum absolute atomic E-state index is 0.0399. The zero-order chi connectivity index (χ0) is 27.2. The van der Waals surface area contributed by atoms with Crippen LogP contribution >= 0.6 is 23.2 Å². The Morgan fingerprint density at radius 3 is 2.22 bits per heavy atom. The van der Waals surface area contributed by atoms with Crippen LogP contribution in [0.25, 0.3) is 0 Å². The van der Waals surface area contributed by atoms with Gasteiger partial charge in [0.1, 0.15) is 18.4 Å². The Morgan fingerprint density at radius 1 is 0.973 bits per heavy atom. The van der Waals surface area contributed by atoms with Crippen LogP contribution in [0.4, 0.5) is 10.1 Å². The maximum atomic E-state index is 13.7. The number of benzene rings is 3. The molecule has 11 heteroatoms. The number of carbonyl (C=O) groups is 2. The van der Waals surface area contributed by atoms with Gasteiger partial charge in [-0.1, -0.05) is 41.4 Å². The summed E-state index contributed by atoms with van der Waals surface area (Å²) < 4.78 is 41.7. The number of hydrogen-bond acceptors (Lipinski definition) is 4. The lowest BCUT2D eigenvalue weighted by Gasteiger charge is -2.32. The Morgan fingerprint density at radius 2 is 1.62 bits per heavy atom. The van der Waals surface area contributed by atoms with Gasteiger partial charge in [-0.15, -0.1) is 0 Å². The summed E-state index contributed by atoms with van der Waals surface area (Å²) in [5.74, 6) is -1.49. The Labute approximate surface area is 225 Å². The lowest BCUT2D eigenvalue weighted by Crippen LogP contribution is -2.51. The van der Waals surface area contributed by atoms with Gasteiger partial charge in [0.05, 0.1) is 10.6 Å². The maximum Gasteiger partial charge on any atom is 0.264 e. The van der Waals surface area contributed by atoms with Gasteiger partial charge in [-0.25, -0.2) is 12.8 Å². The summed E-state index contributed by atoms with van der Waals surface area (Å²) in [6, 6.07) is 16.2. The monoisotopic (exact) mass is 565 g/mol. The molecule has 1 unspecified atom stereocenters. The van der Waals surface area contributed by atoms with E-state index in [1.807, 2.05) is 0 Å². The summed E-state index contributed by atoms with van der Waals surface area (Å²) in [5.41, 5.74) is 0.740. The number of amides is 2. The average Bonchev–Trinajstić information content (AvgIpc) is 2.86. The van der Waals surface area contributed by atoms with Gasteiger partial charge in [0.2, 0.25) is 11.8 Å². The molecular formula is C26H26Cl2FN3O4S. The van der Waals surface area contributed by atoms with Crippen molar-refractivity contribution in [2.24, 2.45) is 0 Å². The predicted octanol–water partition coefficient (Wildman–Crippen LogP) is 4.88. The summed E-state index contributed by atoms with van der Waals surface area (Å²) in [6.07, 6.45) is 0. The van der Waals surface area contributed by atoms with Crippen molar-refractivity contribution < 1.29 is 22.4 Å². The third-order valence-electron chi connectivity index (χ3n) is 5.56. The molecule has 1 atom stereocenters. The SMILES string of the molecule is CCNC(=O)C(C)N(Cc1ccc(F)cc1)C(=O)CN(c1cccc(Cl)c1)S(=O)(=O)c1ccc(Cl)cc1. The molecule has 0 saturated heterocycles. The third kappa shape index (κ3) is 7.21. The van der Waals surface area contributed by atoms with Crippen molar-refractivity contribution >= 4 is 50.7 Å². The van der Waals surface area contributed by atoms with Crippen molar-refractivity contribution in [3.05, 3.63) is 94.2 Å². The Bertz CT molecular complexity index is 1350. The molecule has 0 bridgehead atoms. The molecule has 0 aliphatic heterocycles. The zero-order valence-corrected chi connectivity index (χ0v) is 22.5. The predicted molar refractivity (Wildman–Crippen MR) is 143 cm³/mol. The number of nitrogens with one attached hydrogen (secondary N) is 1. The number of nitrogens with zero attached hydrogens (tertiary/aromatic N) is 2. The van der Waals surface area contributed by atoms with E-state index in [4.69, 9.17) is 23.2 Å². The number of sulfonamides is 1. The van der Waals surface area contributed by atoms with Crippen molar-refractivity contribution in [3.63, 3.8) is 0 Å². The second-order valence-electron chi connectivity index (χ2n) is 8.16. The maximum absolute atomic E-state index is 13.7. The number of likely N-dealkylation sites (N-methyl/N-ethyl adjacent to an activating group) is 1. The highest BCUT2D eigenvalue weighted by molar-refractivity contribution is 7.92. The first-order valence-electron chi connectivity index (χ1n) is 11.4. The first kappa shape index (κ1) is 28.4. The Hall–Kier alpha value is -3.14. The summed E-state index contributed by atoms with van der Waals surface area (Å²) >= 11 is 12.1. The lowest BCUT2D eigenvalue weighted by atomic mass is 10.1. The molecule has 196 valence electrons. The van der Waals surface area contributed by atoms with Gasteiger partial charge in [0, 0.05) is 23.1 Å². The molecule has 1 N–H and O–H groups in total. The van der Waals surface area contributed by atoms with Crippen LogP contribution in [0.2, 0.25) is 10.0 Å². The first-order valence-corrected chi connectivity index (χ1v) is 13.6. The van der Waals surface area contributed by atoms with Crippen molar-refractivity contribution in [1.29, 1.82) is 0 Å². The lowest BCUT2D eigenvalue weighted by molar-refractivity contribution is -0.139. The fraction of sp³-hybridized carbons (Fsp3) is 0.231. The Kier molecular flexibility index (Phi) is 9.53. The highest BCUT2D eigenvalue weighted by atomic mass is 35.5. The van der Waals surface area contributed by atoms with Crippen molar-refractivity contribution in [1.82, 2.24) is 10.2 Å². The minimum Gasteiger partial charge on any atom is -0.355 e. The van der Waals surface area contributed by atoms with Gasteiger partial charge < -0.3 is 10.2 Å². The van der Waals surface area contributed by atoms with Gasteiger partial charge in [0.15, 0.2) is 0 Å². The van der Waals surface area contributed by atoms with E-state index in [1.165, 1.54) is 65.6 Å². The van der Waals surface area contributed by atoms with Crippen LogP contribution in [-0.2, 0) is 26.2 Å². The van der Waals surface area contributed by atoms with Crippen molar-refractivity contribution in [3.8, 4) is 0 Å². The molecule has 0 radical (unpaired) electrons. The molecule has 2 amide bonds. The van der Waals surface area contributed by atoms with Crippen LogP contribution < -0.4 is 9.62 Å². The van der Waals surface area contributed by atoms with Gasteiger partial charge in [-0.3, -0.25) is 13.9 Å². The molecule has 0 aliphatic carbocycles. The molecule has 0 heterocycles. The van der Waals surface area contributed by atoms with E-state index in [1.54, 1.807) is 26.0 Å². The fourth-order valence-corrected chi connectivity index (χ4v) is 5.30. The van der Waals surface area contributed by atoms with E-state index in [0.29, 0.717) is 17.1 Å². The molecule has 0 fully saturated rings. The minimum atomic E-state index is -4.23. The summed E-state index contributed by atoms with van der Waals surface area (Å²) in [6.45, 7) is 2.99. The molecule has 0 spiro atoms. The molecule has 3 rings (SSSR count). The second-order valence-corrected chi connectivity index (χ2v) is 10.9. The quantitative estimate of drug-likeness (QED) is 0.379. The van der Waals surface area contributed by atoms with Crippen LogP contribution in [-0.4, -0.2) is 44.3 Å². The number of hydrogen-bond donors (Lipinski definition) is 1. The second kappa shape index (κ2) is 12.4. The van der Waals surface area contributed by atoms with Gasteiger partial charge in [-0.2, -0.15) is 0 Å². The van der Waals surface area contributed by atoms with Crippen LogP contribution in [0.3, 0.4) is 0 Å². The summed E-state index contributed by atoms with van der Waals surface area (Å²) in [4.78, 5) is 27.5. The molecule has 3 aromatic rings. The molecular weight excluding hydrogens is 540 g/mol. The van der Waals surface area contributed by atoms with Gasteiger partial charge >= 0.3 is 0 Å². The number of carbonyl (C=O) groups excluding carboxylic acids is 2. The van der Waals surface area contributed by atoms with Crippen LogP contribution in [0.5, 0.6) is 0 Å². The number of rotatable bonds is 10. The normalized spacial score (nSPS) is 12.0. The van der Waals surface area contributed by atoms with E-state index in [-0.39, 0.29) is 22.2 Å². The fourth-order valence-electron chi connectivity index (χ4n) is 3.58. The molecule has 37 heavy (non-hydrogen) atoms. The van der Waals surface area contributed by atoms with E-state index in [9.17, 15) is 22.4 Å². The van der Waals surface area contributed by atoms with Crippen LogP contribution in [0.15, 0.2) is 77.7 Å². The van der Waals surface area contributed by atoms with Crippen molar-refractivity contribution in [2.75, 3.05) is 17.4 Å². The standard InChI is InChI=1S/C26H26Cl2FN3O4S/c1-3-30-26(34)18(2)31(16-19-7-11-22(29)12-8-19)25(33)17-32(23-6-4-5-21(28)15-23)37(35,36)24-13-9-20(27)10-14-24/h4-15,18H,3,16-17H2,1-2H3,(H,30,34). The van der Waals surface area contributed by atoms with Gasteiger partial charge in [-0.05, 0) is 74.0 Å². The van der Waals surface area contributed by atoms with E-state index >= 15 is 0 Å². The summed E-state index contributed by atoms with van der Waals surface area (Å²) in [5, 5.41) is 3.31. The third-order valence-corrected chi connectivity index (χ3v) is 7.84. The van der Waals surface area contributed by atoms with Crippen molar-refractivity contribution in [2.45, 2.75) is 31.3 Å². The number of anilines is 1. The largest absolute Gasteiger partial charge is 0.355 e.